The predicted molar refractivity (Wildman–Crippen MR) is 85.9 cm³/mol. The Kier molecular flexibility index (Phi) is 6.36. The van der Waals surface area contributed by atoms with E-state index in [4.69, 9.17) is 4.74 Å². The summed E-state index contributed by atoms with van der Waals surface area (Å²) in [5.41, 5.74) is -0.0694. The van der Waals surface area contributed by atoms with E-state index in [-0.39, 0.29) is 37.0 Å². The molecule has 2 rings (SSSR count). The van der Waals surface area contributed by atoms with Crippen molar-refractivity contribution >= 4 is 6.03 Å². The van der Waals surface area contributed by atoms with E-state index in [1.165, 1.54) is 6.07 Å². The Morgan fingerprint density at radius 1 is 1.38 bits per heavy atom. The summed E-state index contributed by atoms with van der Waals surface area (Å²) < 4.78 is 31.4. The summed E-state index contributed by atoms with van der Waals surface area (Å²) in [6.45, 7) is 3.73. The molecule has 0 saturated carbocycles. The minimum Gasteiger partial charge on any atom is -0.489 e. The highest BCUT2D eigenvalue weighted by atomic mass is 19.1. The van der Waals surface area contributed by atoms with Gasteiger partial charge in [0.2, 0.25) is 0 Å². The van der Waals surface area contributed by atoms with Crippen molar-refractivity contribution in [2.24, 2.45) is 5.41 Å². The number of aliphatic hydroxyl groups excluding tert-OH is 1. The van der Waals surface area contributed by atoms with E-state index in [0.29, 0.717) is 13.1 Å². The van der Waals surface area contributed by atoms with Crippen LogP contribution in [0.15, 0.2) is 18.2 Å². The molecule has 1 aromatic carbocycles. The van der Waals surface area contributed by atoms with E-state index in [9.17, 15) is 18.7 Å². The van der Waals surface area contributed by atoms with Crippen LogP contribution >= 0.6 is 0 Å². The maximum absolute atomic E-state index is 13.4. The van der Waals surface area contributed by atoms with Crippen molar-refractivity contribution in [3.8, 4) is 5.75 Å². The minimum absolute atomic E-state index is 0.0423. The summed E-state index contributed by atoms with van der Waals surface area (Å²) in [5.74, 6) is -1.47. The molecule has 0 spiro atoms. The number of halogens is 2. The number of piperidine rings is 1. The van der Waals surface area contributed by atoms with Crippen molar-refractivity contribution in [2.75, 3.05) is 32.8 Å². The highest BCUT2D eigenvalue weighted by Gasteiger charge is 2.33. The summed E-state index contributed by atoms with van der Waals surface area (Å²) in [6, 6.07) is 2.89. The Balaban J connectivity index is 1.70. The third kappa shape index (κ3) is 4.56. The molecule has 1 aliphatic rings. The number of nitrogens with zero attached hydrogens (tertiary/aromatic N) is 1. The van der Waals surface area contributed by atoms with Gasteiger partial charge in [0.25, 0.3) is 0 Å². The number of ether oxygens (including phenoxy) is 1. The summed E-state index contributed by atoms with van der Waals surface area (Å²) in [7, 11) is 0. The maximum Gasteiger partial charge on any atom is 0.317 e. The van der Waals surface area contributed by atoms with E-state index in [2.05, 4.69) is 12.2 Å². The zero-order valence-electron chi connectivity index (χ0n) is 13.9. The first-order valence-electron chi connectivity index (χ1n) is 8.21. The number of likely N-dealkylation sites (tertiary alicyclic amines) is 1. The van der Waals surface area contributed by atoms with Crippen LogP contribution in [0.1, 0.15) is 26.2 Å². The van der Waals surface area contributed by atoms with Crippen LogP contribution in [0, 0.1) is 17.0 Å². The smallest absolute Gasteiger partial charge is 0.317 e. The summed E-state index contributed by atoms with van der Waals surface area (Å²) in [5, 5.41) is 12.2. The van der Waals surface area contributed by atoms with Gasteiger partial charge < -0.3 is 20.1 Å². The molecule has 0 radical (unpaired) electrons. The first-order valence-corrected chi connectivity index (χ1v) is 8.21. The Labute approximate surface area is 140 Å². The lowest BCUT2D eigenvalue weighted by molar-refractivity contribution is 0.0518. The third-order valence-electron chi connectivity index (χ3n) is 4.73. The molecule has 0 bridgehead atoms. The van der Waals surface area contributed by atoms with Gasteiger partial charge in [-0.1, -0.05) is 6.92 Å². The molecule has 1 saturated heterocycles. The predicted octanol–water partition coefficient (Wildman–Crippen LogP) is 2.54. The summed E-state index contributed by atoms with van der Waals surface area (Å²) >= 11 is 0. The topological polar surface area (TPSA) is 61.8 Å². The van der Waals surface area contributed by atoms with Crippen LogP contribution in [0.2, 0.25) is 0 Å². The summed E-state index contributed by atoms with van der Waals surface area (Å²) in [4.78, 5) is 13.8. The van der Waals surface area contributed by atoms with E-state index in [1.807, 2.05) is 0 Å². The van der Waals surface area contributed by atoms with Gasteiger partial charge in [0.05, 0.1) is 6.54 Å². The van der Waals surface area contributed by atoms with Crippen molar-refractivity contribution in [3.63, 3.8) is 0 Å². The first kappa shape index (κ1) is 18.4. The van der Waals surface area contributed by atoms with E-state index < -0.39 is 11.6 Å². The molecule has 0 aromatic heterocycles. The fraction of sp³-hybridized carbons (Fsp3) is 0.588. The standard InChI is InChI=1S/C17H24F2N2O3/c1-2-17(12-22)5-8-21(9-6-17)16(23)20-7-10-24-15-4-3-13(18)11-14(15)19/h3-4,11,22H,2,5-10,12H2,1H3,(H,20,23). The van der Waals surface area contributed by atoms with Gasteiger partial charge in [-0.3, -0.25) is 0 Å². The average Bonchev–Trinajstić information content (AvgIpc) is 2.60. The molecular formula is C17H24F2N2O3. The lowest BCUT2D eigenvalue weighted by Crippen LogP contribution is -2.48. The van der Waals surface area contributed by atoms with Gasteiger partial charge in [-0.15, -0.1) is 0 Å². The number of carbonyl (C=O) groups excluding carboxylic acids is 1. The normalized spacial score (nSPS) is 16.8. The Hall–Kier alpha value is -1.89. The Morgan fingerprint density at radius 2 is 2.08 bits per heavy atom. The van der Waals surface area contributed by atoms with Crippen molar-refractivity contribution in [1.29, 1.82) is 0 Å². The highest BCUT2D eigenvalue weighted by Crippen LogP contribution is 2.34. The van der Waals surface area contributed by atoms with Gasteiger partial charge in [0.15, 0.2) is 11.6 Å². The number of urea groups is 1. The van der Waals surface area contributed by atoms with Crippen LogP contribution < -0.4 is 10.1 Å². The maximum atomic E-state index is 13.4. The second kappa shape index (κ2) is 8.28. The molecule has 0 unspecified atom stereocenters. The second-order valence-electron chi connectivity index (χ2n) is 6.15. The van der Waals surface area contributed by atoms with E-state index >= 15 is 0 Å². The molecule has 24 heavy (non-hydrogen) atoms. The number of aliphatic hydroxyl groups is 1. The molecule has 134 valence electrons. The van der Waals surface area contributed by atoms with Crippen LogP contribution in [-0.4, -0.2) is 48.9 Å². The van der Waals surface area contributed by atoms with Crippen molar-refractivity contribution in [2.45, 2.75) is 26.2 Å². The van der Waals surface area contributed by atoms with Gasteiger partial charge in [-0.05, 0) is 36.8 Å². The van der Waals surface area contributed by atoms with Crippen molar-refractivity contribution < 1.29 is 23.4 Å². The molecule has 5 nitrogen and oxygen atoms in total. The Morgan fingerprint density at radius 3 is 2.67 bits per heavy atom. The molecule has 1 aromatic rings. The van der Waals surface area contributed by atoms with Crippen LogP contribution in [-0.2, 0) is 0 Å². The minimum atomic E-state index is -0.766. The SMILES string of the molecule is CCC1(CO)CCN(C(=O)NCCOc2ccc(F)cc2F)CC1. The number of hydrogen-bond donors (Lipinski definition) is 2. The van der Waals surface area contributed by atoms with Gasteiger partial charge in [-0.25, -0.2) is 13.6 Å². The van der Waals surface area contributed by atoms with Gasteiger partial charge in [0.1, 0.15) is 12.4 Å². The van der Waals surface area contributed by atoms with Gasteiger partial charge in [-0.2, -0.15) is 0 Å². The highest BCUT2D eigenvalue weighted by molar-refractivity contribution is 5.74. The lowest BCUT2D eigenvalue weighted by Gasteiger charge is -2.40. The molecule has 1 fully saturated rings. The fourth-order valence-corrected chi connectivity index (χ4v) is 2.83. The number of amides is 2. The monoisotopic (exact) mass is 342 g/mol. The average molecular weight is 342 g/mol. The van der Waals surface area contributed by atoms with E-state index in [1.54, 1.807) is 4.90 Å². The zero-order chi connectivity index (χ0) is 17.6. The number of nitrogens with one attached hydrogen (secondary N) is 1. The zero-order valence-corrected chi connectivity index (χ0v) is 13.9. The van der Waals surface area contributed by atoms with Gasteiger partial charge in [0, 0.05) is 25.8 Å². The molecule has 0 atom stereocenters. The fourth-order valence-electron chi connectivity index (χ4n) is 2.83. The molecule has 2 N–H and O–H groups in total. The number of carbonyl (C=O) groups is 1. The molecular weight excluding hydrogens is 318 g/mol. The summed E-state index contributed by atoms with van der Waals surface area (Å²) in [6.07, 6.45) is 2.46. The Bertz CT molecular complexity index is 555. The number of rotatable bonds is 6. The second-order valence-corrected chi connectivity index (χ2v) is 6.15. The van der Waals surface area contributed by atoms with E-state index in [0.717, 1.165) is 31.4 Å². The molecule has 1 aliphatic heterocycles. The van der Waals surface area contributed by atoms with Gasteiger partial charge >= 0.3 is 6.03 Å². The lowest BCUT2D eigenvalue weighted by atomic mass is 9.77. The number of hydrogen-bond acceptors (Lipinski definition) is 3. The van der Waals surface area contributed by atoms with Crippen molar-refractivity contribution in [1.82, 2.24) is 10.2 Å². The molecule has 0 aliphatic carbocycles. The number of benzene rings is 1. The van der Waals surface area contributed by atoms with Crippen LogP contribution in [0.25, 0.3) is 0 Å². The van der Waals surface area contributed by atoms with Crippen molar-refractivity contribution in [3.05, 3.63) is 29.8 Å². The molecule has 2 amide bonds. The molecule has 1 heterocycles. The van der Waals surface area contributed by atoms with Crippen LogP contribution in [0.5, 0.6) is 5.75 Å². The largest absolute Gasteiger partial charge is 0.489 e. The van der Waals surface area contributed by atoms with Crippen LogP contribution in [0.3, 0.4) is 0 Å². The molecule has 7 heteroatoms. The van der Waals surface area contributed by atoms with Crippen LogP contribution in [0.4, 0.5) is 13.6 Å². The quantitative estimate of drug-likeness (QED) is 0.781. The first-order chi connectivity index (χ1) is 11.5. The third-order valence-corrected chi connectivity index (χ3v) is 4.73.